The van der Waals surface area contributed by atoms with Gasteiger partial charge in [-0.2, -0.15) is 0 Å². The molecule has 0 aliphatic rings. The Hall–Kier alpha value is -2.50. The van der Waals surface area contributed by atoms with E-state index >= 15 is 0 Å². The fourth-order valence-electron chi connectivity index (χ4n) is 1.68. The van der Waals surface area contributed by atoms with Gasteiger partial charge in [0, 0.05) is 30.8 Å². The second-order valence-corrected chi connectivity index (χ2v) is 4.28. The van der Waals surface area contributed by atoms with Crippen LogP contribution in [0.1, 0.15) is 12.2 Å². The number of aromatic nitrogens is 1. The maximum Gasteiger partial charge on any atom is 0.226 e. The van der Waals surface area contributed by atoms with Gasteiger partial charge in [-0.15, -0.1) is 0 Å². The van der Waals surface area contributed by atoms with Crippen LogP contribution in [0.3, 0.4) is 0 Å². The summed E-state index contributed by atoms with van der Waals surface area (Å²) < 4.78 is 10.0. The van der Waals surface area contributed by atoms with Crippen molar-refractivity contribution in [3.05, 3.63) is 36.1 Å². The maximum absolute atomic E-state index is 11.8. The molecular weight excluding hydrogens is 258 g/mol. The van der Waals surface area contributed by atoms with Gasteiger partial charge < -0.3 is 19.9 Å². The molecule has 2 N–H and O–H groups in total. The number of nitrogens with zero attached hydrogens (tertiary/aromatic N) is 1. The lowest BCUT2D eigenvalue weighted by Crippen LogP contribution is -2.16. The summed E-state index contributed by atoms with van der Waals surface area (Å²) in [4.78, 5) is 11.8. The Bertz CT molecular complexity index is 581. The normalized spacial score (nSPS) is 10.1. The third-order valence-electron chi connectivity index (χ3n) is 2.64. The zero-order valence-electron chi connectivity index (χ0n) is 11.5. The summed E-state index contributed by atoms with van der Waals surface area (Å²) in [5.41, 5.74) is 0.714. The molecule has 0 atom stereocenters. The molecule has 6 heteroatoms. The molecule has 1 heterocycles. The third kappa shape index (κ3) is 4.01. The lowest BCUT2D eigenvalue weighted by molar-refractivity contribution is -0.115. The van der Waals surface area contributed by atoms with Crippen molar-refractivity contribution in [3.8, 4) is 5.75 Å². The van der Waals surface area contributed by atoms with Gasteiger partial charge in [-0.05, 0) is 19.1 Å². The number of hydrogen-bond acceptors (Lipinski definition) is 5. The number of hydrogen-bond donors (Lipinski definition) is 2. The van der Waals surface area contributed by atoms with Crippen molar-refractivity contribution in [1.29, 1.82) is 0 Å². The molecule has 20 heavy (non-hydrogen) atoms. The molecule has 0 aliphatic heterocycles. The predicted molar refractivity (Wildman–Crippen MR) is 76.0 cm³/mol. The molecule has 2 rings (SSSR count). The summed E-state index contributed by atoms with van der Waals surface area (Å²) in [5, 5.41) is 9.60. The van der Waals surface area contributed by atoms with E-state index in [4.69, 9.17) is 9.26 Å². The van der Waals surface area contributed by atoms with Crippen molar-refractivity contribution in [1.82, 2.24) is 5.16 Å². The van der Waals surface area contributed by atoms with E-state index in [9.17, 15) is 4.79 Å². The Morgan fingerprint density at radius 2 is 2.25 bits per heavy atom. The highest BCUT2D eigenvalue weighted by Gasteiger charge is 2.04. The zero-order chi connectivity index (χ0) is 14.4. The number of amides is 1. The van der Waals surface area contributed by atoms with E-state index in [0.717, 1.165) is 5.76 Å². The maximum atomic E-state index is 11.8. The Morgan fingerprint density at radius 1 is 1.40 bits per heavy atom. The van der Waals surface area contributed by atoms with Crippen LogP contribution < -0.4 is 15.4 Å². The van der Waals surface area contributed by atoms with E-state index in [1.807, 2.05) is 25.1 Å². The van der Waals surface area contributed by atoms with E-state index < -0.39 is 0 Å². The first kappa shape index (κ1) is 13.9. The first-order valence-corrected chi connectivity index (χ1v) is 6.28. The molecule has 0 radical (unpaired) electrons. The second kappa shape index (κ2) is 6.60. The van der Waals surface area contributed by atoms with Crippen LogP contribution in [0, 0.1) is 6.92 Å². The molecule has 0 spiro atoms. The lowest BCUT2D eigenvalue weighted by atomic mass is 10.3. The largest absolute Gasteiger partial charge is 0.497 e. The molecule has 0 unspecified atom stereocenters. The number of benzene rings is 1. The predicted octanol–water partition coefficient (Wildman–Crippen LogP) is 2.43. The van der Waals surface area contributed by atoms with Crippen LogP contribution in [-0.4, -0.2) is 24.7 Å². The summed E-state index contributed by atoms with van der Waals surface area (Å²) in [6.45, 7) is 2.30. The van der Waals surface area contributed by atoms with E-state index in [0.29, 0.717) is 30.2 Å². The van der Waals surface area contributed by atoms with E-state index in [1.54, 1.807) is 19.2 Å². The molecule has 106 valence electrons. The number of methoxy groups -OCH3 is 1. The van der Waals surface area contributed by atoms with Crippen LogP contribution >= 0.6 is 0 Å². The van der Waals surface area contributed by atoms with Crippen LogP contribution in [0.25, 0.3) is 0 Å². The monoisotopic (exact) mass is 275 g/mol. The first-order valence-electron chi connectivity index (χ1n) is 6.28. The molecule has 2 aromatic rings. The number of ether oxygens (including phenoxy) is 1. The van der Waals surface area contributed by atoms with Gasteiger partial charge in [0.1, 0.15) is 11.5 Å². The molecule has 0 bridgehead atoms. The summed E-state index contributed by atoms with van der Waals surface area (Å²) in [5.74, 6) is 2.00. The summed E-state index contributed by atoms with van der Waals surface area (Å²) in [6.07, 6.45) is 0.336. The van der Waals surface area contributed by atoms with Gasteiger partial charge in [0.2, 0.25) is 5.91 Å². The summed E-state index contributed by atoms with van der Waals surface area (Å²) in [7, 11) is 1.59. The third-order valence-corrected chi connectivity index (χ3v) is 2.64. The van der Waals surface area contributed by atoms with Gasteiger partial charge in [0.05, 0.1) is 7.11 Å². The minimum atomic E-state index is -0.0778. The van der Waals surface area contributed by atoms with Crippen molar-refractivity contribution in [3.63, 3.8) is 0 Å². The SMILES string of the molecule is COc1cccc(NC(=O)CCNc2cc(C)on2)c1. The van der Waals surface area contributed by atoms with Gasteiger partial charge in [0.15, 0.2) is 5.82 Å². The Kier molecular flexibility index (Phi) is 4.60. The quantitative estimate of drug-likeness (QED) is 0.846. The number of aryl methyl sites for hydroxylation is 1. The topological polar surface area (TPSA) is 76.4 Å². The number of rotatable bonds is 6. The lowest BCUT2D eigenvalue weighted by Gasteiger charge is -2.07. The molecule has 0 fully saturated rings. The van der Waals surface area contributed by atoms with Gasteiger partial charge in [-0.25, -0.2) is 0 Å². The number of carbonyl (C=O) groups excluding carboxylic acids is 1. The highest BCUT2D eigenvalue weighted by Crippen LogP contribution is 2.16. The molecule has 0 saturated carbocycles. The number of nitrogens with one attached hydrogen (secondary N) is 2. The van der Waals surface area contributed by atoms with Crippen LogP contribution in [0.4, 0.5) is 11.5 Å². The van der Waals surface area contributed by atoms with E-state index in [2.05, 4.69) is 15.8 Å². The smallest absolute Gasteiger partial charge is 0.226 e. The molecule has 6 nitrogen and oxygen atoms in total. The van der Waals surface area contributed by atoms with Crippen molar-refractivity contribution in [2.45, 2.75) is 13.3 Å². The van der Waals surface area contributed by atoms with Gasteiger partial charge >= 0.3 is 0 Å². The standard InChI is InChI=1S/C14H17N3O3/c1-10-8-13(17-20-10)15-7-6-14(18)16-11-4-3-5-12(9-11)19-2/h3-5,8-9H,6-7H2,1-2H3,(H,15,17)(H,16,18). The van der Waals surface area contributed by atoms with Crippen molar-refractivity contribution < 1.29 is 14.1 Å². The summed E-state index contributed by atoms with van der Waals surface area (Å²) >= 11 is 0. The molecule has 0 aliphatic carbocycles. The fourth-order valence-corrected chi connectivity index (χ4v) is 1.68. The van der Waals surface area contributed by atoms with Crippen LogP contribution in [-0.2, 0) is 4.79 Å². The Balaban J connectivity index is 1.77. The molecule has 1 aromatic heterocycles. The molecule has 0 saturated heterocycles. The number of anilines is 2. The summed E-state index contributed by atoms with van der Waals surface area (Å²) in [6, 6.07) is 9.01. The van der Waals surface area contributed by atoms with E-state index in [-0.39, 0.29) is 5.91 Å². The highest BCUT2D eigenvalue weighted by atomic mass is 16.5. The van der Waals surface area contributed by atoms with Crippen molar-refractivity contribution in [2.24, 2.45) is 0 Å². The highest BCUT2D eigenvalue weighted by molar-refractivity contribution is 5.91. The van der Waals surface area contributed by atoms with Crippen molar-refractivity contribution >= 4 is 17.4 Å². The average Bonchev–Trinajstić information content (AvgIpc) is 2.84. The minimum Gasteiger partial charge on any atom is -0.497 e. The minimum absolute atomic E-state index is 0.0778. The first-order chi connectivity index (χ1) is 9.67. The zero-order valence-corrected chi connectivity index (χ0v) is 11.5. The van der Waals surface area contributed by atoms with Crippen LogP contribution in [0.15, 0.2) is 34.9 Å². The Labute approximate surface area is 117 Å². The molecule has 1 amide bonds. The van der Waals surface area contributed by atoms with Gasteiger partial charge in [0.25, 0.3) is 0 Å². The molecular formula is C14H17N3O3. The number of carbonyl (C=O) groups is 1. The Morgan fingerprint density at radius 3 is 2.95 bits per heavy atom. The van der Waals surface area contributed by atoms with Crippen molar-refractivity contribution in [2.75, 3.05) is 24.3 Å². The average molecular weight is 275 g/mol. The van der Waals surface area contributed by atoms with Crippen LogP contribution in [0.5, 0.6) is 5.75 Å². The van der Waals surface area contributed by atoms with Gasteiger partial charge in [-0.1, -0.05) is 11.2 Å². The van der Waals surface area contributed by atoms with Crippen LogP contribution in [0.2, 0.25) is 0 Å². The molecule has 1 aromatic carbocycles. The van der Waals surface area contributed by atoms with E-state index in [1.165, 1.54) is 0 Å². The van der Waals surface area contributed by atoms with Gasteiger partial charge in [-0.3, -0.25) is 4.79 Å². The fraction of sp³-hybridized carbons (Fsp3) is 0.286. The second-order valence-electron chi connectivity index (χ2n) is 4.28.